The fraction of sp³-hybridized carbons (Fsp3) is 0.240. The number of aryl methyl sites for hydroxylation is 1. The van der Waals surface area contributed by atoms with Gasteiger partial charge >= 0.3 is 0 Å². The summed E-state index contributed by atoms with van der Waals surface area (Å²) < 4.78 is 38.3. The summed E-state index contributed by atoms with van der Waals surface area (Å²) in [7, 11) is -0.810. The summed E-state index contributed by atoms with van der Waals surface area (Å²) in [6.45, 7) is 4.47. The quantitative estimate of drug-likeness (QED) is 0.510. The van der Waals surface area contributed by atoms with Gasteiger partial charge in [-0.15, -0.1) is 0 Å². The largest absolute Gasteiger partial charge is 0.497 e. The fourth-order valence-electron chi connectivity index (χ4n) is 3.28. The van der Waals surface area contributed by atoms with E-state index in [-0.39, 0.29) is 10.8 Å². The highest BCUT2D eigenvalue weighted by Crippen LogP contribution is 2.26. The lowest BCUT2D eigenvalue weighted by atomic mass is 10.1. The number of methoxy groups -OCH3 is 1. The minimum Gasteiger partial charge on any atom is -0.497 e. The summed E-state index contributed by atoms with van der Waals surface area (Å²) in [4.78, 5) is 12.9. The van der Waals surface area contributed by atoms with Crippen LogP contribution in [0.1, 0.15) is 28.4 Å². The molecule has 0 radical (unpaired) electrons. The average Bonchev–Trinajstić information content (AvgIpc) is 2.83. The van der Waals surface area contributed by atoms with Gasteiger partial charge in [-0.25, -0.2) is 8.42 Å². The molecule has 0 aromatic heterocycles. The summed E-state index contributed by atoms with van der Waals surface area (Å²) >= 11 is 0. The predicted molar refractivity (Wildman–Crippen MR) is 129 cm³/mol. The molecule has 0 heterocycles. The Morgan fingerprint density at radius 3 is 2.39 bits per heavy atom. The SMILES string of the molecule is CCOc1ccc(N(C)S(=O)(=O)c2ccc(C)c(C(=O)NCc3cccc(OC)c3)c2)cc1. The van der Waals surface area contributed by atoms with Crippen LogP contribution in [0.25, 0.3) is 0 Å². The molecule has 174 valence electrons. The maximum atomic E-state index is 13.2. The predicted octanol–water partition coefficient (Wildman–Crippen LogP) is 4.16. The Morgan fingerprint density at radius 1 is 1.00 bits per heavy atom. The third-order valence-corrected chi connectivity index (χ3v) is 6.99. The van der Waals surface area contributed by atoms with Gasteiger partial charge < -0.3 is 14.8 Å². The van der Waals surface area contributed by atoms with E-state index in [0.717, 1.165) is 5.56 Å². The molecular formula is C25H28N2O5S. The van der Waals surface area contributed by atoms with E-state index >= 15 is 0 Å². The fourth-order valence-corrected chi connectivity index (χ4v) is 4.50. The van der Waals surface area contributed by atoms with Gasteiger partial charge in [0.2, 0.25) is 0 Å². The van der Waals surface area contributed by atoms with E-state index in [0.29, 0.717) is 41.5 Å². The van der Waals surface area contributed by atoms with Crippen molar-refractivity contribution >= 4 is 21.6 Å². The molecule has 0 fully saturated rings. The van der Waals surface area contributed by atoms with Crippen molar-refractivity contribution in [3.8, 4) is 11.5 Å². The second-order valence-electron chi connectivity index (χ2n) is 7.41. The first-order valence-electron chi connectivity index (χ1n) is 10.5. The van der Waals surface area contributed by atoms with Gasteiger partial charge in [-0.05, 0) is 73.5 Å². The standard InChI is InChI=1S/C25H28N2O5S/c1-5-32-21-12-10-20(11-13-21)27(3)33(29,30)23-14-9-18(2)24(16-23)25(28)26-17-19-7-6-8-22(15-19)31-4/h6-16H,5,17H2,1-4H3,(H,26,28). The minimum absolute atomic E-state index is 0.0380. The van der Waals surface area contributed by atoms with Crippen molar-refractivity contribution < 1.29 is 22.7 Å². The van der Waals surface area contributed by atoms with E-state index in [9.17, 15) is 13.2 Å². The van der Waals surface area contributed by atoms with Gasteiger partial charge in [-0.3, -0.25) is 9.10 Å². The number of nitrogens with zero attached hydrogens (tertiary/aromatic N) is 1. The van der Waals surface area contributed by atoms with Crippen molar-refractivity contribution in [2.75, 3.05) is 25.1 Å². The van der Waals surface area contributed by atoms with Crippen molar-refractivity contribution in [2.24, 2.45) is 0 Å². The molecule has 8 heteroatoms. The van der Waals surface area contributed by atoms with Crippen LogP contribution < -0.4 is 19.1 Å². The number of anilines is 1. The molecule has 0 aliphatic rings. The third kappa shape index (κ3) is 5.64. The van der Waals surface area contributed by atoms with Crippen LogP contribution in [0.2, 0.25) is 0 Å². The van der Waals surface area contributed by atoms with Gasteiger partial charge in [0.05, 0.1) is 24.3 Å². The molecule has 0 bridgehead atoms. The minimum atomic E-state index is -3.87. The molecular weight excluding hydrogens is 440 g/mol. The number of sulfonamides is 1. The van der Waals surface area contributed by atoms with E-state index in [1.807, 2.05) is 31.2 Å². The Bertz CT molecular complexity index is 1220. The van der Waals surface area contributed by atoms with Crippen molar-refractivity contribution in [1.29, 1.82) is 0 Å². The lowest BCUT2D eigenvalue weighted by molar-refractivity contribution is 0.0950. The molecule has 0 saturated heterocycles. The van der Waals surface area contributed by atoms with Gasteiger partial charge in [0.15, 0.2) is 0 Å². The monoisotopic (exact) mass is 468 g/mol. The highest BCUT2D eigenvalue weighted by atomic mass is 32.2. The first-order valence-corrected chi connectivity index (χ1v) is 11.9. The molecule has 0 aliphatic heterocycles. The molecule has 3 rings (SSSR count). The average molecular weight is 469 g/mol. The normalized spacial score (nSPS) is 11.0. The lowest BCUT2D eigenvalue weighted by Crippen LogP contribution is -2.28. The number of hydrogen-bond acceptors (Lipinski definition) is 5. The maximum Gasteiger partial charge on any atom is 0.264 e. The third-order valence-electron chi connectivity index (χ3n) is 5.21. The van der Waals surface area contributed by atoms with Crippen LogP contribution in [0, 0.1) is 6.92 Å². The van der Waals surface area contributed by atoms with E-state index in [1.165, 1.54) is 23.5 Å². The molecule has 33 heavy (non-hydrogen) atoms. The van der Waals surface area contributed by atoms with E-state index in [2.05, 4.69) is 5.32 Å². The number of carbonyl (C=O) groups is 1. The summed E-state index contributed by atoms with van der Waals surface area (Å²) in [6.07, 6.45) is 0. The van der Waals surface area contributed by atoms with Crippen LogP contribution in [-0.4, -0.2) is 35.1 Å². The Balaban J connectivity index is 1.80. The van der Waals surface area contributed by atoms with Gasteiger partial charge in [0.1, 0.15) is 11.5 Å². The van der Waals surface area contributed by atoms with Gasteiger partial charge in [-0.1, -0.05) is 18.2 Å². The number of carbonyl (C=O) groups excluding carboxylic acids is 1. The summed E-state index contributed by atoms with van der Waals surface area (Å²) in [5.74, 6) is 1.01. The first kappa shape index (κ1) is 24.1. The molecule has 0 saturated carbocycles. The van der Waals surface area contributed by atoms with Crippen molar-refractivity contribution in [2.45, 2.75) is 25.3 Å². The molecule has 0 unspecified atom stereocenters. The molecule has 7 nitrogen and oxygen atoms in total. The molecule has 1 amide bonds. The number of ether oxygens (including phenoxy) is 2. The zero-order chi connectivity index (χ0) is 24.0. The molecule has 0 atom stereocenters. The summed E-state index contributed by atoms with van der Waals surface area (Å²) in [5, 5.41) is 2.85. The zero-order valence-electron chi connectivity index (χ0n) is 19.2. The van der Waals surface area contributed by atoms with Gasteiger partial charge in [-0.2, -0.15) is 0 Å². The number of benzene rings is 3. The van der Waals surface area contributed by atoms with Crippen LogP contribution in [0.5, 0.6) is 11.5 Å². The van der Waals surface area contributed by atoms with Crippen molar-refractivity contribution in [1.82, 2.24) is 5.32 Å². The zero-order valence-corrected chi connectivity index (χ0v) is 20.0. The van der Waals surface area contributed by atoms with E-state index < -0.39 is 10.0 Å². The molecule has 1 N–H and O–H groups in total. The molecule has 3 aromatic carbocycles. The molecule has 0 aliphatic carbocycles. The van der Waals surface area contributed by atoms with Crippen LogP contribution in [0.15, 0.2) is 71.6 Å². The number of nitrogens with one attached hydrogen (secondary N) is 1. The lowest BCUT2D eigenvalue weighted by Gasteiger charge is -2.20. The van der Waals surface area contributed by atoms with Crippen LogP contribution in [0.4, 0.5) is 5.69 Å². The summed E-state index contributed by atoms with van der Waals surface area (Å²) in [5.41, 5.74) is 2.35. The van der Waals surface area contributed by atoms with Crippen LogP contribution in [0.3, 0.4) is 0 Å². The van der Waals surface area contributed by atoms with Gasteiger partial charge in [0, 0.05) is 19.2 Å². The van der Waals surface area contributed by atoms with E-state index in [1.54, 1.807) is 44.4 Å². The maximum absolute atomic E-state index is 13.2. The number of amides is 1. The Hall–Kier alpha value is -3.52. The second kappa shape index (κ2) is 10.4. The molecule has 0 spiro atoms. The van der Waals surface area contributed by atoms with Crippen molar-refractivity contribution in [3.05, 3.63) is 83.4 Å². The van der Waals surface area contributed by atoms with Crippen molar-refractivity contribution in [3.63, 3.8) is 0 Å². The Labute approximate surface area is 195 Å². The number of rotatable bonds is 9. The number of hydrogen-bond donors (Lipinski definition) is 1. The smallest absolute Gasteiger partial charge is 0.264 e. The second-order valence-corrected chi connectivity index (χ2v) is 9.38. The topological polar surface area (TPSA) is 84.9 Å². The van der Waals surface area contributed by atoms with Crippen LogP contribution in [-0.2, 0) is 16.6 Å². The highest BCUT2D eigenvalue weighted by Gasteiger charge is 2.23. The van der Waals surface area contributed by atoms with E-state index in [4.69, 9.17) is 9.47 Å². The Morgan fingerprint density at radius 2 is 1.73 bits per heavy atom. The summed E-state index contributed by atoms with van der Waals surface area (Å²) in [6, 6.07) is 18.7. The van der Waals surface area contributed by atoms with Gasteiger partial charge in [0.25, 0.3) is 15.9 Å². The molecule has 3 aromatic rings. The highest BCUT2D eigenvalue weighted by molar-refractivity contribution is 7.92. The Kier molecular flexibility index (Phi) is 7.60. The van der Waals surface area contributed by atoms with Crippen LogP contribution >= 0.6 is 0 Å². The first-order chi connectivity index (χ1) is 15.8.